The number of hydrogen-bond donors (Lipinski definition) is 1. The van der Waals surface area contributed by atoms with E-state index in [2.05, 4.69) is 5.10 Å². The third-order valence-corrected chi connectivity index (χ3v) is 3.30. The predicted octanol–water partition coefficient (Wildman–Crippen LogP) is 2.93. The SMILES string of the molecule is CCn1nc(-c2ccc(Cl)c(C)c2)c(C=O)c1N. The molecule has 0 amide bonds. The van der Waals surface area contributed by atoms with Crippen molar-refractivity contribution >= 4 is 23.7 Å². The van der Waals surface area contributed by atoms with Crippen molar-refractivity contribution in [2.45, 2.75) is 20.4 Å². The van der Waals surface area contributed by atoms with E-state index in [1.54, 1.807) is 10.7 Å². The molecule has 4 nitrogen and oxygen atoms in total. The van der Waals surface area contributed by atoms with Crippen LogP contribution >= 0.6 is 11.6 Å². The Hall–Kier alpha value is -1.81. The molecule has 0 aliphatic carbocycles. The first-order valence-corrected chi connectivity index (χ1v) is 6.04. The number of hydrogen-bond acceptors (Lipinski definition) is 3. The number of benzene rings is 1. The number of halogens is 1. The van der Waals surface area contributed by atoms with Crippen molar-refractivity contribution in [1.82, 2.24) is 9.78 Å². The second-order valence-electron chi connectivity index (χ2n) is 4.05. The first-order chi connectivity index (χ1) is 8.58. The lowest BCUT2D eigenvalue weighted by atomic mass is 10.1. The molecule has 0 aliphatic heterocycles. The van der Waals surface area contributed by atoms with Gasteiger partial charge in [0.25, 0.3) is 0 Å². The molecule has 2 N–H and O–H groups in total. The number of anilines is 1. The maximum absolute atomic E-state index is 11.1. The molecule has 0 unspecified atom stereocenters. The Balaban J connectivity index is 2.62. The van der Waals surface area contributed by atoms with Crippen molar-refractivity contribution in [3.8, 4) is 11.3 Å². The summed E-state index contributed by atoms with van der Waals surface area (Å²) in [5.41, 5.74) is 8.69. The summed E-state index contributed by atoms with van der Waals surface area (Å²) in [6.45, 7) is 4.46. The molecule has 94 valence electrons. The van der Waals surface area contributed by atoms with Crippen LogP contribution in [0.1, 0.15) is 22.8 Å². The molecule has 0 spiro atoms. The molecular formula is C13H14ClN3O. The second kappa shape index (κ2) is 4.82. The van der Waals surface area contributed by atoms with Crippen LogP contribution in [0.15, 0.2) is 18.2 Å². The highest BCUT2D eigenvalue weighted by Crippen LogP contribution is 2.28. The Kier molecular flexibility index (Phi) is 3.39. The van der Waals surface area contributed by atoms with Crippen LogP contribution in [0, 0.1) is 6.92 Å². The van der Waals surface area contributed by atoms with Gasteiger partial charge in [-0.1, -0.05) is 17.7 Å². The number of carbonyl (C=O) groups is 1. The van der Waals surface area contributed by atoms with E-state index in [1.807, 2.05) is 26.0 Å². The Morgan fingerprint density at radius 2 is 2.22 bits per heavy atom. The number of aryl methyl sites for hydroxylation is 2. The molecule has 0 fully saturated rings. The molecule has 0 saturated heterocycles. The number of aromatic nitrogens is 2. The molecule has 1 aromatic carbocycles. The highest BCUT2D eigenvalue weighted by atomic mass is 35.5. The fraction of sp³-hybridized carbons (Fsp3) is 0.231. The smallest absolute Gasteiger partial charge is 0.156 e. The van der Waals surface area contributed by atoms with Crippen LogP contribution in [0.25, 0.3) is 11.3 Å². The third kappa shape index (κ3) is 1.99. The Labute approximate surface area is 110 Å². The molecule has 2 aromatic rings. The average molecular weight is 264 g/mol. The summed E-state index contributed by atoms with van der Waals surface area (Å²) < 4.78 is 1.61. The minimum atomic E-state index is 0.398. The molecule has 0 aliphatic rings. The number of rotatable bonds is 3. The summed E-state index contributed by atoms with van der Waals surface area (Å²) in [4.78, 5) is 11.1. The number of nitrogens with two attached hydrogens (primary N) is 1. The van der Waals surface area contributed by atoms with Crippen molar-refractivity contribution in [2.75, 3.05) is 5.73 Å². The Morgan fingerprint density at radius 3 is 2.78 bits per heavy atom. The lowest BCUT2D eigenvalue weighted by Crippen LogP contribution is -2.02. The van der Waals surface area contributed by atoms with Crippen molar-refractivity contribution in [3.63, 3.8) is 0 Å². The summed E-state index contributed by atoms with van der Waals surface area (Å²) in [6, 6.07) is 5.53. The van der Waals surface area contributed by atoms with Gasteiger partial charge in [-0.3, -0.25) is 4.79 Å². The topological polar surface area (TPSA) is 60.9 Å². The van der Waals surface area contributed by atoms with Crippen molar-refractivity contribution in [1.29, 1.82) is 0 Å². The minimum absolute atomic E-state index is 0.398. The Morgan fingerprint density at radius 1 is 1.50 bits per heavy atom. The maximum Gasteiger partial charge on any atom is 0.156 e. The van der Waals surface area contributed by atoms with Gasteiger partial charge >= 0.3 is 0 Å². The largest absolute Gasteiger partial charge is 0.383 e. The van der Waals surface area contributed by atoms with Crippen LogP contribution in [0.3, 0.4) is 0 Å². The van der Waals surface area contributed by atoms with Crippen LogP contribution in [0.2, 0.25) is 5.02 Å². The molecule has 2 rings (SSSR count). The molecule has 5 heteroatoms. The fourth-order valence-corrected chi connectivity index (χ4v) is 1.97. The predicted molar refractivity (Wildman–Crippen MR) is 72.9 cm³/mol. The first-order valence-electron chi connectivity index (χ1n) is 5.66. The molecule has 1 aromatic heterocycles. The Bertz CT molecular complexity index is 605. The summed E-state index contributed by atoms with van der Waals surface area (Å²) in [5, 5.41) is 5.05. The minimum Gasteiger partial charge on any atom is -0.383 e. The summed E-state index contributed by atoms with van der Waals surface area (Å²) in [7, 11) is 0. The maximum atomic E-state index is 11.1. The fourth-order valence-electron chi connectivity index (χ4n) is 1.85. The zero-order chi connectivity index (χ0) is 13.3. The van der Waals surface area contributed by atoms with E-state index < -0.39 is 0 Å². The number of aldehydes is 1. The summed E-state index contributed by atoms with van der Waals surface area (Å²) >= 11 is 5.99. The van der Waals surface area contributed by atoms with E-state index in [4.69, 9.17) is 17.3 Å². The van der Waals surface area contributed by atoms with Crippen LogP contribution in [-0.2, 0) is 6.54 Å². The number of nitrogens with zero attached hydrogens (tertiary/aromatic N) is 2. The van der Waals surface area contributed by atoms with E-state index >= 15 is 0 Å². The van der Waals surface area contributed by atoms with Crippen molar-refractivity contribution in [2.24, 2.45) is 0 Å². The normalized spacial score (nSPS) is 10.6. The van der Waals surface area contributed by atoms with Gasteiger partial charge < -0.3 is 5.73 Å². The molecule has 0 atom stereocenters. The number of nitrogen functional groups attached to an aromatic ring is 1. The van der Waals surface area contributed by atoms with Gasteiger partial charge in [0.2, 0.25) is 0 Å². The highest BCUT2D eigenvalue weighted by molar-refractivity contribution is 6.31. The lowest BCUT2D eigenvalue weighted by molar-refractivity contribution is 0.112. The van der Waals surface area contributed by atoms with E-state index in [0.717, 1.165) is 17.4 Å². The monoisotopic (exact) mass is 263 g/mol. The third-order valence-electron chi connectivity index (χ3n) is 2.88. The first kappa shape index (κ1) is 12.6. The van der Waals surface area contributed by atoms with Crippen LogP contribution < -0.4 is 5.73 Å². The zero-order valence-corrected chi connectivity index (χ0v) is 11.0. The van der Waals surface area contributed by atoms with Gasteiger partial charge in [-0.2, -0.15) is 5.10 Å². The van der Waals surface area contributed by atoms with Gasteiger partial charge in [0.05, 0.1) is 5.56 Å². The van der Waals surface area contributed by atoms with Gasteiger partial charge in [0.15, 0.2) is 6.29 Å². The molecule has 1 heterocycles. The lowest BCUT2D eigenvalue weighted by Gasteiger charge is -2.02. The van der Waals surface area contributed by atoms with Crippen molar-refractivity contribution < 1.29 is 4.79 Å². The average Bonchev–Trinajstić information content (AvgIpc) is 2.69. The van der Waals surface area contributed by atoms with Gasteiger partial charge in [-0.05, 0) is 31.5 Å². The van der Waals surface area contributed by atoms with Crippen LogP contribution in [0.5, 0.6) is 0 Å². The molecule has 18 heavy (non-hydrogen) atoms. The second-order valence-corrected chi connectivity index (χ2v) is 4.45. The van der Waals surface area contributed by atoms with E-state index in [9.17, 15) is 4.79 Å². The summed E-state index contributed by atoms with van der Waals surface area (Å²) in [6.07, 6.45) is 0.744. The van der Waals surface area contributed by atoms with Gasteiger partial charge in [-0.15, -0.1) is 0 Å². The van der Waals surface area contributed by atoms with E-state index in [-0.39, 0.29) is 0 Å². The number of carbonyl (C=O) groups excluding carboxylic acids is 1. The molecule has 0 radical (unpaired) electrons. The summed E-state index contributed by atoms with van der Waals surface area (Å²) in [5.74, 6) is 0.398. The molecule has 0 saturated carbocycles. The quantitative estimate of drug-likeness (QED) is 0.866. The van der Waals surface area contributed by atoms with Gasteiger partial charge in [0.1, 0.15) is 11.5 Å². The van der Waals surface area contributed by atoms with Crippen LogP contribution in [0.4, 0.5) is 5.82 Å². The highest BCUT2D eigenvalue weighted by Gasteiger charge is 2.16. The van der Waals surface area contributed by atoms with Gasteiger partial charge in [-0.25, -0.2) is 4.68 Å². The molecule has 0 bridgehead atoms. The standard InChI is InChI=1S/C13H14ClN3O/c1-3-17-13(15)10(7-18)12(16-17)9-4-5-11(14)8(2)6-9/h4-7H,3,15H2,1-2H3. The van der Waals surface area contributed by atoms with Crippen molar-refractivity contribution in [3.05, 3.63) is 34.3 Å². The van der Waals surface area contributed by atoms with E-state index in [1.165, 1.54) is 0 Å². The molecular weight excluding hydrogens is 250 g/mol. The van der Waals surface area contributed by atoms with Crippen LogP contribution in [-0.4, -0.2) is 16.1 Å². The van der Waals surface area contributed by atoms with E-state index in [0.29, 0.717) is 28.6 Å². The zero-order valence-electron chi connectivity index (χ0n) is 10.3. The van der Waals surface area contributed by atoms with Gasteiger partial charge in [0, 0.05) is 17.1 Å².